The summed E-state index contributed by atoms with van der Waals surface area (Å²) >= 11 is 0. The molecule has 0 aliphatic heterocycles. The van der Waals surface area contributed by atoms with E-state index < -0.39 is 6.04 Å². The number of carbonyl (C=O) groups is 1. The number of rotatable bonds is 5. The number of benzene rings is 1. The van der Waals surface area contributed by atoms with E-state index in [1.54, 1.807) is 18.2 Å². The topological polar surface area (TPSA) is 52.3 Å². The van der Waals surface area contributed by atoms with Crippen molar-refractivity contribution < 1.29 is 9.53 Å². The number of hydrogen-bond donors (Lipinski definition) is 1. The first-order valence-corrected chi connectivity index (χ1v) is 5.21. The first-order chi connectivity index (χ1) is 7.19. The molecule has 0 aliphatic carbocycles. The molecule has 0 heterocycles. The van der Waals surface area contributed by atoms with E-state index >= 15 is 0 Å². The van der Waals surface area contributed by atoms with Crippen molar-refractivity contribution >= 4 is 5.78 Å². The number of hydrogen-bond acceptors (Lipinski definition) is 3. The second kappa shape index (κ2) is 5.51. The van der Waals surface area contributed by atoms with Gasteiger partial charge >= 0.3 is 0 Å². The Morgan fingerprint density at radius 3 is 2.80 bits per heavy atom. The van der Waals surface area contributed by atoms with Crippen molar-refractivity contribution in [2.45, 2.75) is 26.3 Å². The predicted molar refractivity (Wildman–Crippen MR) is 60.2 cm³/mol. The van der Waals surface area contributed by atoms with E-state index in [9.17, 15) is 4.79 Å². The van der Waals surface area contributed by atoms with Crippen LogP contribution >= 0.6 is 0 Å². The van der Waals surface area contributed by atoms with E-state index in [4.69, 9.17) is 10.5 Å². The van der Waals surface area contributed by atoms with Gasteiger partial charge in [0.05, 0.1) is 12.6 Å². The van der Waals surface area contributed by atoms with E-state index in [1.807, 2.05) is 19.9 Å². The van der Waals surface area contributed by atoms with E-state index in [0.29, 0.717) is 24.3 Å². The Kier molecular flexibility index (Phi) is 4.31. The third kappa shape index (κ3) is 3.06. The molecule has 15 heavy (non-hydrogen) atoms. The Balaban J connectivity index is 2.85. The van der Waals surface area contributed by atoms with E-state index in [2.05, 4.69) is 0 Å². The van der Waals surface area contributed by atoms with Gasteiger partial charge in [-0.25, -0.2) is 0 Å². The SMILES string of the molecule is CCOc1cccc(C(=O)C(N)CC)c1. The minimum atomic E-state index is -0.415. The summed E-state index contributed by atoms with van der Waals surface area (Å²) in [4.78, 5) is 11.8. The first-order valence-electron chi connectivity index (χ1n) is 5.21. The Bertz CT molecular complexity index is 336. The normalized spacial score (nSPS) is 12.2. The number of ketones is 1. The fourth-order valence-corrected chi connectivity index (χ4v) is 1.31. The molecule has 2 N–H and O–H groups in total. The average molecular weight is 207 g/mol. The van der Waals surface area contributed by atoms with E-state index in [0.717, 1.165) is 0 Å². The summed E-state index contributed by atoms with van der Waals surface area (Å²) in [5.41, 5.74) is 6.30. The molecule has 0 bridgehead atoms. The lowest BCUT2D eigenvalue weighted by Gasteiger charge is -2.09. The van der Waals surface area contributed by atoms with Crippen molar-refractivity contribution in [3.05, 3.63) is 29.8 Å². The summed E-state index contributed by atoms with van der Waals surface area (Å²) < 4.78 is 5.32. The van der Waals surface area contributed by atoms with Crippen LogP contribution in [0.15, 0.2) is 24.3 Å². The average Bonchev–Trinajstić information content (AvgIpc) is 2.28. The number of Topliss-reactive ketones (excluding diaryl/α,β-unsaturated/α-hetero) is 1. The van der Waals surface area contributed by atoms with Crippen molar-refractivity contribution in [1.29, 1.82) is 0 Å². The van der Waals surface area contributed by atoms with Crippen molar-refractivity contribution in [2.24, 2.45) is 5.73 Å². The van der Waals surface area contributed by atoms with Crippen molar-refractivity contribution in [2.75, 3.05) is 6.61 Å². The highest BCUT2D eigenvalue weighted by molar-refractivity contribution is 6.00. The van der Waals surface area contributed by atoms with Crippen molar-refractivity contribution in [3.63, 3.8) is 0 Å². The predicted octanol–water partition coefficient (Wildman–Crippen LogP) is 2.01. The Morgan fingerprint density at radius 1 is 1.47 bits per heavy atom. The van der Waals surface area contributed by atoms with Crippen LogP contribution in [0.2, 0.25) is 0 Å². The first kappa shape index (κ1) is 11.7. The molecule has 1 atom stereocenters. The highest BCUT2D eigenvalue weighted by atomic mass is 16.5. The van der Waals surface area contributed by atoms with Crippen LogP contribution in [0.5, 0.6) is 5.75 Å². The third-order valence-electron chi connectivity index (χ3n) is 2.21. The van der Waals surface area contributed by atoms with Gasteiger partial charge in [0.25, 0.3) is 0 Å². The van der Waals surface area contributed by atoms with Crippen molar-refractivity contribution in [1.82, 2.24) is 0 Å². The minimum Gasteiger partial charge on any atom is -0.494 e. The molecular formula is C12H17NO2. The molecule has 82 valence electrons. The summed E-state index contributed by atoms with van der Waals surface area (Å²) in [6.07, 6.45) is 0.650. The van der Waals surface area contributed by atoms with Crippen LogP contribution in [0.1, 0.15) is 30.6 Å². The maximum Gasteiger partial charge on any atom is 0.179 e. The molecule has 0 aromatic heterocycles. The van der Waals surface area contributed by atoms with E-state index in [-0.39, 0.29) is 5.78 Å². The molecule has 0 spiro atoms. The molecule has 3 heteroatoms. The van der Waals surface area contributed by atoms with Crippen LogP contribution < -0.4 is 10.5 Å². The van der Waals surface area contributed by atoms with Gasteiger partial charge < -0.3 is 10.5 Å². The lowest BCUT2D eigenvalue weighted by atomic mass is 10.0. The van der Waals surface area contributed by atoms with Crippen molar-refractivity contribution in [3.8, 4) is 5.75 Å². The van der Waals surface area contributed by atoms with Crippen LogP contribution in [0.3, 0.4) is 0 Å². The van der Waals surface area contributed by atoms with Gasteiger partial charge in [0.15, 0.2) is 5.78 Å². The highest BCUT2D eigenvalue weighted by Crippen LogP contribution is 2.14. The molecule has 0 radical (unpaired) electrons. The van der Waals surface area contributed by atoms with Crippen LogP contribution in [-0.2, 0) is 0 Å². The molecule has 1 unspecified atom stereocenters. The molecule has 1 aromatic carbocycles. The van der Waals surface area contributed by atoms with Gasteiger partial charge in [-0.05, 0) is 25.5 Å². The Hall–Kier alpha value is -1.35. The smallest absolute Gasteiger partial charge is 0.179 e. The second-order valence-electron chi connectivity index (χ2n) is 3.34. The quantitative estimate of drug-likeness (QED) is 0.751. The molecule has 0 amide bonds. The van der Waals surface area contributed by atoms with Crippen LogP contribution in [0, 0.1) is 0 Å². The largest absolute Gasteiger partial charge is 0.494 e. The maximum absolute atomic E-state index is 11.8. The van der Waals surface area contributed by atoms with Crippen LogP contribution in [0.4, 0.5) is 0 Å². The standard InChI is InChI=1S/C12H17NO2/c1-3-11(13)12(14)9-6-5-7-10(8-9)15-4-2/h5-8,11H,3-4,13H2,1-2H3. The summed E-state index contributed by atoms with van der Waals surface area (Å²) in [7, 11) is 0. The van der Waals surface area contributed by atoms with Gasteiger partial charge in [0.1, 0.15) is 5.75 Å². The third-order valence-corrected chi connectivity index (χ3v) is 2.21. The minimum absolute atomic E-state index is 0.0287. The lowest BCUT2D eigenvalue weighted by Crippen LogP contribution is -2.29. The van der Waals surface area contributed by atoms with Gasteiger partial charge in [-0.3, -0.25) is 4.79 Å². The fourth-order valence-electron chi connectivity index (χ4n) is 1.31. The van der Waals surface area contributed by atoms with Gasteiger partial charge in [-0.2, -0.15) is 0 Å². The fraction of sp³-hybridized carbons (Fsp3) is 0.417. The number of ether oxygens (including phenoxy) is 1. The van der Waals surface area contributed by atoms with Gasteiger partial charge in [0.2, 0.25) is 0 Å². The number of nitrogens with two attached hydrogens (primary N) is 1. The second-order valence-corrected chi connectivity index (χ2v) is 3.34. The summed E-state index contributed by atoms with van der Waals surface area (Å²) in [5.74, 6) is 0.686. The van der Waals surface area contributed by atoms with Crippen LogP contribution in [0.25, 0.3) is 0 Å². The van der Waals surface area contributed by atoms with Crippen LogP contribution in [-0.4, -0.2) is 18.4 Å². The van der Waals surface area contributed by atoms with Gasteiger partial charge in [-0.1, -0.05) is 19.1 Å². The maximum atomic E-state index is 11.8. The number of carbonyl (C=O) groups excluding carboxylic acids is 1. The molecule has 0 aliphatic rings. The zero-order valence-electron chi connectivity index (χ0n) is 9.19. The zero-order chi connectivity index (χ0) is 11.3. The lowest BCUT2D eigenvalue weighted by molar-refractivity contribution is 0.0959. The van der Waals surface area contributed by atoms with E-state index in [1.165, 1.54) is 0 Å². The monoisotopic (exact) mass is 207 g/mol. The zero-order valence-corrected chi connectivity index (χ0v) is 9.19. The summed E-state index contributed by atoms with van der Waals surface area (Å²) in [6.45, 7) is 4.40. The molecule has 0 fully saturated rings. The molecule has 0 saturated heterocycles. The molecule has 3 nitrogen and oxygen atoms in total. The highest BCUT2D eigenvalue weighted by Gasteiger charge is 2.13. The summed E-state index contributed by atoms with van der Waals surface area (Å²) in [6, 6.07) is 6.72. The molecule has 1 rings (SSSR count). The van der Waals surface area contributed by atoms with Gasteiger partial charge in [-0.15, -0.1) is 0 Å². The Morgan fingerprint density at radius 2 is 2.20 bits per heavy atom. The summed E-state index contributed by atoms with van der Waals surface area (Å²) in [5, 5.41) is 0. The van der Waals surface area contributed by atoms with Gasteiger partial charge in [0, 0.05) is 5.56 Å². The molecular weight excluding hydrogens is 190 g/mol. The Labute approximate surface area is 90.2 Å². The molecule has 1 aromatic rings. The molecule has 0 saturated carbocycles.